The number of ether oxygens (including phenoxy) is 1. The molecule has 1 aromatic heterocycles. The van der Waals surface area contributed by atoms with Crippen molar-refractivity contribution in [2.24, 2.45) is 0 Å². The first-order valence-corrected chi connectivity index (χ1v) is 12.0. The van der Waals surface area contributed by atoms with E-state index in [2.05, 4.69) is 18.8 Å². The molecule has 2 N–H and O–H groups in total. The van der Waals surface area contributed by atoms with Gasteiger partial charge in [0.05, 0.1) is 25.3 Å². The Balaban J connectivity index is 1.68. The summed E-state index contributed by atoms with van der Waals surface area (Å²) in [5.41, 5.74) is 4.09. The maximum absolute atomic E-state index is 13.4. The Kier molecular flexibility index (Phi) is 6.10. The predicted octanol–water partition coefficient (Wildman–Crippen LogP) is 5.92. The van der Waals surface area contributed by atoms with E-state index < -0.39 is 17.7 Å². The number of aromatic amines is 1. The molecule has 0 radical (unpaired) electrons. The number of methoxy groups -OCH3 is 1. The molecule has 0 spiro atoms. The molecule has 1 aliphatic heterocycles. The number of Topliss-reactive ketones (excluding diaryl/α,β-unsaturated/α-hetero) is 1. The van der Waals surface area contributed by atoms with Crippen molar-refractivity contribution in [2.45, 2.75) is 32.4 Å². The molecule has 5 rings (SSSR count). The van der Waals surface area contributed by atoms with Crippen LogP contribution in [0.2, 0.25) is 0 Å². The van der Waals surface area contributed by atoms with E-state index in [9.17, 15) is 14.7 Å². The van der Waals surface area contributed by atoms with Crippen LogP contribution in [0.4, 0.5) is 0 Å². The summed E-state index contributed by atoms with van der Waals surface area (Å²) in [6.45, 7) is 4.38. The zero-order valence-electron chi connectivity index (χ0n) is 20.5. The van der Waals surface area contributed by atoms with E-state index in [0.29, 0.717) is 17.2 Å². The van der Waals surface area contributed by atoms with Crippen molar-refractivity contribution < 1.29 is 19.4 Å². The van der Waals surface area contributed by atoms with Crippen LogP contribution < -0.4 is 4.74 Å². The summed E-state index contributed by atoms with van der Waals surface area (Å²) in [4.78, 5) is 31.5. The highest BCUT2D eigenvalue weighted by atomic mass is 16.5. The van der Waals surface area contributed by atoms with Gasteiger partial charge < -0.3 is 19.7 Å². The molecular weight excluding hydrogens is 452 g/mol. The van der Waals surface area contributed by atoms with E-state index in [4.69, 9.17) is 4.74 Å². The smallest absolute Gasteiger partial charge is 0.295 e. The van der Waals surface area contributed by atoms with E-state index in [-0.39, 0.29) is 17.9 Å². The fourth-order valence-corrected chi connectivity index (χ4v) is 4.88. The second-order valence-corrected chi connectivity index (χ2v) is 9.31. The molecule has 1 amide bonds. The molecule has 1 saturated heterocycles. The zero-order chi connectivity index (χ0) is 25.4. The molecule has 36 heavy (non-hydrogen) atoms. The highest BCUT2D eigenvalue weighted by Crippen LogP contribution is 2.42. The topological polar surface area (TPSA) is 82.6 Å². The number of benzene rings is 3. The largest absolute Gasteiger partial charge is 0.507 e. The zero-order valence-corrected chi connectivity index (χ0v) is 20.5. The van der Waals surface area contributed by atoms with Crippen LogP contribution in [0, 0.1) is 0 Å². The van der Waals surface area contributed by atoms with E-state index in [1.807, 2.05) is 72.8 Å². The molecule has 4 aromatic rings. The lowest BCUT2D eigenvalue weighted by Gasteiger charge is -2.26. The number of ketones is 1. The molecular formula is C30H28N2O4. The normalized spacial score (nSPS) is 17.3. The van der Waals surface area contributed by atoms with Crippen LogP contribution in [0.15, 0.2) is 84.6 Å². The number of H-pyrrole nitrogens is 1. The van der Waals surface area contributed by atoms with Gasteiger partial charge >= 0.3 is 0 Å². The Morgan fingerprint density at radius 3 is 2.42 bits per heavy atom. The number of aliphatic hydroxyl groups excluding tert-OH is 1. The van der Waals surface area contributed by atoms with E-state index in [0.717, 1.165) is 27.6 Å². The number of likely N-dealkylation sites (tertiary alicyclic amines) is 1. The number of hydrogen-bond donors (Lipinski definition) is 2. The van der Waals surface area contributed by atoms with Gasteiger partial charge in [-0.1, -0.05) is 74.5 Å². The number of nitrogens with zero attached hydrogens (tertiary/aromatic N) is 1. The van der Waals surface area contributed by atoms with Gasteiger partial charge in [-0.2, -0.15) is 0 Å². The molecule has 0 aliphatic carbocycles. The number of carbonyl (C=O) groups is 2. The molecule has 2 heterocycles. The van der Waals surface area contributed by atoms with Crippen LogP contribution in [0.3, 0.4) is 0 Å². The van der Waals surface area contributed by atoms with Crippen molar-refractivity contribution in [1.29, 1.82) is 0 Å². The SMILES string of the molecule is COc1ccccc1CN1C(=O)C(=O)/C(=C(\O)c2c[nH]c3ccccc23)C1c1ccc(C(C)C)cc1. The summed E-state index contributed by atoms with van der Waals surface area (Å²) < 4.78 is 5.49. The third-order valence-corrected chi connectivity index (χ3v) is 6.84. The number of fused-ring (bicyclic) bond motifs is 1. The van der Waals surface area contributed by atoms with Crippen LogP contribution in [-0.4, -0.2) is 33.8 Å². The number of carbonyl (C=O) groups excluding carboxylic acids is 2. The lowest BCUT2D eigenvalue weighted by molar-refractivity contribution is -0.140. The fraction of sp³-hybridized carbons (Fsp3) is 0.200. The number of nitrogens with one attached hydrogen (secondary N) is 1. The molecule has 6 nitrogen and oxygen atoms in total. The third kappa shape index (κ3) is 3.94. The summed E-state index contributed by atoms with van der Waals surface area (Å²) in [5.74, 6) is -0.577. The molecule has 3 aromatic carbocycles. The molecule has 6 heteroatoms. The van der Waals surface area contributed by atoms with Gasteiger partial charge in [-0.15, -0.1) is 0 Å². The van der Waals surface area contributed by atoms with Gasteiger partial charge in [-0.3, -0.25) is 9.59 Å². The number of rotatable bonds is 6. The first-order valence-electron chi connectivity index (χ1n) is 12.0. The van der Waals surface area contributed by atoms with Crippen LogP contribution in [-0.2, 0) is 16.1 Å². The van der Waals surface area contributed by atoms with Gasteiger partial charge in [0.25, 0.3) is 11.7 Å². The fourth-order valence-electron chi connectivity index (χ4n) is 4.88. The predicted molar refractivity (Wildman–Crippen MR) is 140 cm³/mol. The summed E-state index contributed by atoms with van der Waals surface area (Å²) >= 11 is 0. The lowest BCUT2D eigenvalue weighted by Crippen LogP contribution is -2.29. The van der Waals surface area contributed by atoms with Crippen LogP contribution >= 0.6 is 0 Å². The van der Waals surface area contributed by atoms with Gasteiger partial charge in [0.1, 0.15) is 11.5 Å². The van der Waals surface area contributed by atoms with Crippen molar-refractivity contribution in [2.75, 3.05) is 7.11 Å². The highest BCUT2D eigenvalue weighted by molar-refractivity contribution is 6.46. The van der Waals surface area contributed by atoms with Gasteiger partial charge in [0.15, 0.2) is 0 Å². The molecule has 1 fully saturated rings. The standard InChI is InChI=1S/C30H28N2O4/c1-18(2)19-12-14-20(15-13-19)27-26(28(33)23-16-31-24-10-6-5-9-22(23)24)29(34)30(35)32(27)17-21-8-4-7-11-25(21)36-3/h4-16,18,27,31,33H,17H2,1-3H3/b28-26-. The average Bonchev–Trinajstić information content (AvgIpc) is 3.43. The van der Waals surface area contributed by atoms with Gasteiger partial charge in [-0.05, 0) is 29.2 Å². The van der Waals surface area contributed by atoms with Gasteiger partial charge in [-0.25, -0.2) is 0 Å². The average molecular weight is 481 g/mol. The van der Waals surface area contributed by atoms with Gasteiger partial charge in [0, 0.05) is 28.2 Å². The van der Waals surface area contributed by atoms with E-state index in [1.54, 1.807) is 13.3 Å². The maximum Gasteiger partial charge on any atom is 0.295 e. The number of amides is 1. The van der Waals surface area contributed by atoms with E-state index in [1.165, 1.54) is 4.90 Å². The first kappa shape index (κ1) is 23.4. The van der Waals surface area contributed by atoms with Crippen molar-refractivity contribution in [3.63, 3.8) is 0 Å². The maximum atomic E-state index is 13.4. The van der Waals surface area contributed by atoms with Crippen LogP contribution in [0.25, 0.3) is 16.7 Å². The Bertz CT molecular complexity index is 1480. The third-order valence-electron chi connectivity index (χ3n) is 6.84. The minimum atomic E-state index is -0.746. The number of aliphatic hydroxyl groups is 1. The van der Waals surface area contributed by atoms with Crippen LogP contribution in [0.5, 0.6) is 5.75 Å². The molecule has 1 aliphatic rings. The number of para-hydroxylation sites is 2. The molecule has 0 bridgehead atoms. The molecule has 0 saturated carbocycles. The second kappa shape index (κ2) is 9.38. The first-order chi connectivity index (χ1) is 17.4. The Morgan fingerprint density at radius 2 is 1.69 bits per heavy atom. The van der Waals surface area contributed by atoms with Crippen LogP contribution in [0.1, 0.15) is 48.1 Å². The quantitative estimate of drug-likeness (QED) is 0.204. The molecule has 182 valence electrons. The van der Waals surface area contributed by atoms with E-state index >= 15 is 0 Å². The van der Waals surface area contributed by atoms with Crippen molar-refractivity contribution in [3.05, 3.63) is 107 Å². The summed E-state index contributed by atoms with van der Waals surface area (Å²) in [5, 5.41) is 12.3. The summed E-state index contributed by atoms with van der Waals surface area (Å²) in [7, 11) is 1.58. The lowest BCUT2D eigenvalue weighted by atomic mass is 9.93. The molecule has 1 unspecified atom stereocenters. The molecule has 1 atom stereocenters. The second-order valence-electron chi connectivity index (χ2n) is 9.31. The Morgan fingerprint density at radius 1 is 1.00 bits per heavy atom. The van der Waals surface area contributed by atoms with Crippen molar-refractivity contribution >= 4 is 28.4 Å². The summed E-state index contributed by atoms with van der Waals surface area (Å²) in [6, 6.07) is 22.1. The Hall–Kier alpha value is -4.32. The number of aromatic nitrogens is 1. The monoisotopic (exact) mass is 480 g/mol. The Labute approximate surface area is 209 Å². The number of hydrogen-bond acceptors (Lipinski definition) is 4. The van der Waals surface area contributed by atoms with Crippen molar-refractivity contribution in [3.8, 4) is 5.75 Å². The van der Waals surface area contributed by atoms with Gasteiger partial charge in [0.2, 0.25) is 0 Å². The summed E-state index contributed by atoms with van der Waals surface area (Å²) in [6.07, 6.45) is 1.67. The minimum absolute atomic E-state index is 0.0805. The van der Waals surface area contributed by atoms with Crippen molar-refractivity contribution in [1.82, 2.24) is 9.88 Å². The highest BCUT2D eigenvalue weighted by Gasteiger charge is 2.46. The minimum Gasteiger partial charge on any atom is -0.507 e.